The van der Waals surface area contributed by atoms with Crippen molar-refractivity contribution in [1.82, 2.24) is 10.3 Å². The molecule has 1 amide bonds. The van der Waals surface area contributed by atoms with E-state index in [-0.39, 0.29) is 12.0 Å². The molecule has 1 aliphatic heterocycles. The van der Waals surface area contributed by atoms with Crippen molar-refractivity contribution in [3.63, 3.8) is 0 Å². The second-order valence-electron chi connectivity index (χ2n) is 5.24. The van der Waals surface area contributed by atoms with Crippen LogP contribution in [0.3, 0.4) is 0 Å². The number of hydrogen-bond acceptors (Lipinski definition) is 3. The summed E-state index contributed by atoms with van der Waals surface area (Å²) in [6, 6.07) is 1.63. The number of hydrogen-bond donors (Lipinski definition) is 2. The molecule has 1 aromatic rings. The van der Waals surface area contributed by atoms with E-state index in [4.69, 9.17) is 0 Å². The monoisotopic (exact) mass is 299 g/mol. The summed E-state index contributed by atoms with van der Waals surface area (Å²) in [5, 5.41) is 4.88. The summed E-state index contributed by atoms with van der Waals surface area (Å²) >= 11 is 0. The van der Waals surface area contributed by atoms with Crippen LogP contribution in [-0.2, 0) is 11.2 Å². The van der Waals surface area contributed by atoms with Gasteiger partial charge >= 0.3 is 6.18 Å². The minimum atomic E-state index is -4.47. The number of carbonyl (C=O) groups excluding carboxylic acids is 1. The molecule has 0 aromatic carbocycles. The molecular formula is C14H16F3N3O. The van der Waals surface area contributed by atoms with Gasteiger partial charge in [-0.1, -0.05) is 19.9 Å². The molecule has 0 fully saturated rings. The first-order valence-electron chi connectivity index (χ1n) is 6.56. The minimum Gasteiger partial charge on any atom is -0.346 e. The molecule has 114 valence electrons. The summed E-state index contributed by atoms with van der Waals surface area (Å²) < 4.78 is 38.6. The highest BCUT2D eigenvalue weighted by Crippen LogP contribution is 2.27. The van der Waals surface area contributed by atoms with E-state index in [1.54, 1.807) is 18.3 Å². The molecule has 1 aliphatic rings. The number of aromatic nitrogens is 1. The van der Waals surface area contributed by atoms with Gasteiger partial charge in [-0.3, -0.25) is 4.79 Å². The van der Waals surface area contributed by atoms with Crippen LogP contribution in [0.4, 0.5) is 19.0 Å². The van der Waals surface area contributed by atoms with Crippen molar-refractivity contribution in [1.29, 1.82) is 0 Å². The van der Waals surface area contributed by atoms with E-state index >= 15 is 0 Å². The maximum atomic E-state index is 12.9. The van der Waals surface area contributed by atoms with E-state index < -0.39 is 24.0 Å². The Hall–Kier alpha value is -2.05. The van der Waals surface area contributed by atoms with Crippen LogP contribution in [0.5, 0.6) is 0 Å². The molecule has 4 nitrogen and oxygen atoms in total. The van der Waals surface area contributed by atoms with Crippen LogP contribution in [-0.4, -0.2) is 23.1 Å². The first kappa shape index (κ1) is 15.3. The standard InChI is InChI=1S/C14H16F3N3O/c1-8(2)11(14(15,16)17)20-13(21)10-6-9-4-3-5-18-12(9)19-7-10/h3-5,7-8,11H,6H2,1-2H3,(H,18,19)(H,20,21). The zero-order chi connectivity index (χ0) is 15.6. The lowest BCUT2D eigenvalue weighted by Crippen LogP contribution is -2.49. The lowest BCUT2D eigenvalue weighted by molar-refractivity contribution is -0.168. The zero-order valence-electron chi connectivity index (χ0n) is 11.7. The number of halogens is 3. The Morgan fingerprint density at radius 3 is 2.76 bits per heavy atom. The van der Waals surface area contributed by atoms with Crippen LogP contribution >= 0.6 is 0 Å². The van der Waals surface area contributed by atoms with Gasteiger partial charge < -0.3 is 10.6 Å². The largest absolute Gasteiger partial charge is 0.408 e. The molecule has 1 aromatic heterocycles. The van der Waals surface area contributed by atoms with Crippen molar-refractivity contribution in [2.45, 2.75) is 32.5 Å². The topological polar surface area (TPSA) is 54.0 Å². The molecule has 0 spiro atoms. The van der Waals surface area contributed by atoms with Gasteiger partial charge in [-0.15, -0.1) is 0 Å². The van der Waals surface area contributed by atoms with Gasteiger partial charge in [-0.25, -0.2) is 4.98 Å². The SMILES string of the molecule is CC(C)C(NC(=O)C1=CNc2ncccc2C1)C(F)(F)F. The number of pyridine rings is 1. The molecule has 2 N–H and O–H groups in total. The maximum Gasteiger partial charge on any atom is 0.408 e. The fraction of sp³-hybridized carbons (Fsp3) is 0.429. The van der Waals surface area contributed by atoms with Crippen molar-refractivity contribution in [2.75, 3.05) is 5.32 Å². The van der Waals surface area contributed by atoms with Gasteiger partial charge in [0.15, 0.2) is 0 Å². The molecule has 0 bridgehead atoms. The summed E-state index contributed by atoms with van der Waals surface area (Å²) in [5.74, 6) is -0.835. The lowest BCUT2D eigenvalue weighted by Gasteiger charge is -2.26. The minimum absolute atomic E-state index is 0.255. The number of anilines is 1. The predicted molar refractivity (Wildman–Crippen MR) is 72.5 cm³/mol. The number of fused-ring (bicyclic) bond motifs is 1. The number of nitrogens with one attached hydrogen (secondary N) is 2. The fourth-order valence-electron chi connectivity index (χ4n) is 2.13. The summed E-state index contributed by atoms with van der Waals surface area (Å²) in [4.78, 5) is 16.1. The highest BCUT2D eigenvalue weighted by atomic mass is 19.4. The Balaban J connectivity index is 2.10. The Morgan fingerprint density at radius 1 is 1.43 bits per heavy atom. The van der Waals surface area contributed by atoms with E-state index in [1.165, 1.54) is 20.0 Å². The molecule has 0 aliphatic carbocycles. The highest BCUT2D eigenvalue weighted by molar-refractivity contribution is 5.95. The van der Waals surface area contributed by atoms with Crippen molar-refractivity contribution in [3.8, 4) is 0 Å². The maximum absolute atomic E-state index is 12.9. The van der Waals surface area contributed by atoms with Gasteiger partial charge in [0.25, 0.3) is 0 Å². The van der Waals surface area contributed by atoms with Gasteiger partial charge in [0.1, 0.15) is 11.9 Å². The van der Waals surface area contributed by atoms with Gasteiger partial charge in [-0.2, -0.15) is 13.2 Å². The number of carbonyl (C=O) groups is 1. The molecule has 0 saturated heterocycles. The Bertz CT molecular complexity index is 567. The van der Waals surface area contributed by atoms with Gasteiger partial charge in [0.2, 0.25) is 5.91 Å². The van der Waals surface area contributed by atoms with E-state index in [2.05, 4.69) is 15.6 Å². The third kappa shape index (κ3) is 3.53. The predicted octanol–water partition coefficient (Wildman–Crippen LogP) is 2.64. The normalized spacial score (nSPS) is 15.8. The summed E-state index contributed by atoms with van der Waals surface area (Å²) in [6.07, 6.45) is -1.21. The smallest absolute Gasteiger partial charge is 0.346 e. The Morgan fingerprint density at radius 2 is 2.14 bits per heavy atom. The van der Waals surface area contributed by atoms with Crippen molar-refractivity contribution < 1.29 is 18.0 Å². The van der Waals surface area contributed by atoms with Crippen LogP contribution in [0, 0.1) is 5.92 Å². The summed E-state index contributed by atoms with van der Waals surface area (Å²) in [6.45, 7) is 2.84. The lowest BCUT2D eigenvalue weighted by atomic mass is 10.0. The number of amides is 1. The van der Waals surface area contributed by atoms with Crippen LogP contribution in [0.1, 0.15) is 19.4 Å². The average Bonchev–Trinajstić information content (AvgIpc) is 2.42. The number of rotatable bonds is 3. The van der Waals surface area contributed by atoms with Gasteiger partial charge in [0, 0.05) is 24.4 Å². The van der Waals surface area contributed by atoms with Crippen molar-refractivity contribution in [3.05, 3.63) is 35.7 Å². The van der Waals surface area contributed by atoms with Crippen LogP contribution in [0.25, 0.3) is 0 Å². The second-order valence-corrected chi connectivity index (χ2v) is 5.24. The molecule has 2 rings (SSSR count). The molecule has 0 radical (unpaired) electrons. The third-order valence-corrected chi connectivity index (χ3v) is 3.25. The van der Waals surface area contributed by atoms with Crippen LogP contribution in [0.2, 0.25) is 0 Å². The first-order valence-corrected chi connectivity index (χ1v) is 6.56. The first-order chi connectivity index (χ1) is 9.79. The summed E-state index contributed by atoms with van der Waals surface area (Å²) in [7, 11) is 0. The molecule has 1 atom stereocenters. The third-order valence-electron chi connectivity index (χ3n) is 3.25. The number of nitrogens with zero attached hydrogens (tertiary/aromatic N) is 1. The van der Waals surface area contributed by atoms with Crippen LogP contribution < -0.4 is 10.6 Å². The van der Waals surface area contributed by atoms with E-state index in [0.29, 0.717) is 5.82 Å². The van der Waals surface area contributed by atoms with E-state index in [0.717, 1.165) is 5.56 Å². The molecule has 1 unspecified atom stereocenters. The average molecular weight is 299 g/mol. The Kier molecular flexibility index (Phi) is 4.20. The van der Waals surface area contributed by atoms with Gasteiger partial charge in [0.05, 0.1) is 0 Å². The van der Waals surface area contributed by atoms with E-state index in [1.807, 2.05) is 0 Å². The molecule has 7 heteroatoms. The molecule has 21 heavy (non-hydrogen) atoms. The summed E-state index contributed by atoms with van der Waals surface area (Å²) in [5.41, 5.74) is 1.03. The Labute approximate surface area is 120 Å². The van der Waals surface area contributed by atoms with Gasteiger partial charge in [-0.05, 0) is 17.5 Å². The molecule has 0 saturated carbocycles. The van der Waals surface area contributed by atoms with E-state index in [9.17, 15) is 18.0 Å². The zero-order valence-corrected chi connectivity index (χ0v) is 11.7. The van der Waals surface area contributed by atoms with Crippen molar-refractivity contribution in [2.24, 2.45) is 5.92 Å². The highest BCUT2D eigenvalue weighted by Gasteiger charge is 2.42. The van der Waals surface area contributed by atoms with Crippen molar-refractivity contribution >= 4 is 11.7 Å². The molecule has 2 heterocycles. The molecular weight excluding hydrogens is 283 g/mol. The number of alkyl halides is 3. The quantitative estimate of drug-likeness (QED) is 0.902. The fourth-order valence-corrected chi connectivity index (χ4v) is 2.13. The second kappa shape index (κ2) is 5.75. The van der Waals surface area contributed by atoms with Crippen LogP contribution in [0.15, 0.2) is 30.1 Å².